The van der Waals surface area contributed by atoms with Gasteiger partial charge in [-0.2, -0.15) is 0 Å². The Hall–Kier alpha value is -3.25. The number of aryl methyl sites for hydroxylation is 1. The lowest BCUT2D eigenvalue weighted by molar-refractivity contribution is 0.827. The molecule has 2 rings (SSSR count). The van der Waals surface area contributed by atoms with E-state index in [-0.39, 0.29) is 0 Å². The zero-order valence-corrected chi connectivity index (χ0v) is 21.4. The minimum Gasteiger partial charge on any atom is -0.401 e. The van der Waals surface area contributed by atoms with Gasteiger partial charge >= 0.3 is 0 Å². The van der Waals surface area contributed by atoms with Gasteiger partial charge in [-0.25, -0.2) is 0 Å². The smallest absolute Gasteiger partial charge is 0.0617 e. The van der Waals surface area contributed by atoms with Crippen molar-refractivity contribution in [3.63, 3.8) is 0 Å². The lowest BCUT2D eigenvalue weighted by Gasteiger charge is -2.18. The Labute approximate surface area is 203 Å². The molecule has 0 amide bonds. The van der Waals surface area contributed by atoms with Crippen LogP contribution < -0.4 is 22.5 Å². The fraction of sp³-hybridized carbons (Fsp3) is 0.393. The van der Waals surface area contributed by atoms with Crippen molar-refractivity contribution >= 4 is 11.4 Å². The summed E-state index contributed by atoms with van der Waals surface area (Å²) in [5.74, 6) is 2.25. The van der Waals surface area contributed by atoms with Crippen LogP contribution in [0.3, 0.4) is 0 Å². The largest absolute Gasteiger partial charge is 0.401 e. The number of hydrogen-bond donors (Lipinski definition) is 4. The summed E-state index contributed by atoms with van der Waals surface area (Å²) in [6.45, 7) is 17.2. The summed E-state index contributed by atoms with van der Waals surface area (Å²) in [5, 5.41) is 3.42. The normalized spacial score (nSPS) is 10.6. The molecule has 1 aromatic carbocycles. The highest BCUT2D eigenvalue weighted by Crippen LogP contribution is 2.22. The Morgan fingerprint density at radius 2 is 1.76 bits per heavy atom. The Bertz CT molecular complexity index is 791. The third-order valence-electron chi connectivity index (χ3n) is 4.18. The third kappa shape index (κ3) is 18.1. The van der Waals surface area contributed by atoms with Crippen molar-refractivity contribution in [1.82, 2.24) is 0 Å². The Morgan fingerprint density at radius 1 is 1.21 bits per heavy atom. The van der Waals surface area contributed by atoms with Crippen molar-refractivity contribution in [3.8, 4) is 25.2 Å². The average molecular weight is 452 g/mol. The monoisotopic (exact) mass is 451 g/mol. The fourth-order valence-corrected chi connectivity index (χ4v) is 2.69. The van der Waals surface area contributed by atoms with Gasteiger partial charge < -0.3 is 22.5 Å². The van der Waals surface area contributed by atoms with E-state index < -0.39 is 0 Å². The molecule has 1 heterocycles. The molecule has 5 nitrogen and oxygen atoms in total. The summed E-state index contributed by atoms with van der Waals surface area (Å²) in [7, 11) is 1.75. The van der Waals surface area contributed by atoms with Crippen LogP contribution in [0.2, 0.25) is 0 Å². The lowest BCUT2D eigenvalue weighted by atomic mass is 10.0. The molecule has 0 saturated carbocycles. The van der Waals surface area contributed by atoms with Crippen LogP contribution in [-0.4, -0.2) is 32.4 Å². The summed E-state index contributed by atoms with van der Waals surface area (Å²) >= 11 is 0. The first kappa shape index (κ1) is 34.4. The summed E-state index contributed by atoms with van der Waals surface area (Å²) in [6, 6.07) is 6.66. The summed E-state index contributed by atoms with van der Waals surface area (Å²) < 4.78 is 0. The molecule has 0 radical (unpaired) electrons. The van der Waals surface area contributed by atoms with Crippen LogP contribution in [0.5, 0.6) is 0 Å². The lowest BCUT2D eigenvalue weighted by Crippen LogP contribution is -2.12. The van der Waals surface area contributed by atoms with Gasteiger partial charge in [0.15, 0.2) is 0 Å². The molecule has 0 aromatic heterocycles. The van der Waals surface area contributed by atoms with Crippen LogP contribution in [0.15, 0.2) is 59.3 Å². The third-order valence-corrected chi connectivity index (χ3v) is 4.18. The number of allylic oxidation sites excluding steroid dienone is 3. The SMILES string of the molecule is C#C.C#CC.C/C=C(/N)CN.C=C(C)C(=NC)C(=C)C.NCCc1ccc2c(c1)NCCC2. The molecule has 182 valence electrons. The Morgan fingerprint density at radius 3 is 2.09 bits per heavy atom. The number of fused-ring (bicyclic) bond motifs is 1. The predicted octanol–water partition coefficient (Wildman–Crippen LogP) is 4.45. The van der Waals surface area contributed by atoms with E-state index in [1.165, 1.54) is 29.7 Å². The van der Waals surface area contributed by atoms with E-state index in [0.717, 1.165) is 42.1 Å². The van der Waals surface area contributed by atoms with Gasteiger partial charge in [0.05, 0.1) is 5.71 Å². The molecule has 0 fully saturated rings. The molecule has 7 N–H and O–H groups in total. The number of terminal acetylenes is 2. The molecule has 5 heteroatoms. The van der Waals surface area contributed by atoms with Crippen molar-refractivity contribution in [1.29, 1.82) is 0 Å². The standard InChI is InChI=1S/C11H16N2.C8H13N.C4H10N2.C3H4.C2H2/c12-6-5-9-3-4-10-2-1-7-13-11(10)8-9;1-6(2)8(9-5)7(3)4;1-2-4(6)3-5;1-3-2;1-2/h3-4,8,13H,1-2,5-7,12H2;1,3H2,2,4-5H3;2H,3,5-6H2,1H3;1H,2H3;1-2H/b;;4-2+;;. The van der Waals surface area contributed by atoms with Crippen LogP contribution in [0, 0.1) is 25.2 Å². The van der Waals surface area contributed by atoms with E-state index in [9.17, 15) is 0 Å². The molecule has 0 spiro atoms. The van der Waals surface area contributed by atoms with E-state index >= 15 is 0 Å². The number of nitrogens with two attached hydrogens (primary N) is 3. The second-order valence-electron chi connectivity index (χ2n) is 7.05. The van der Waals surface area contributed by atoms with E-state index in [1.54, 1.807) is 20.0 Å². The highest BCUT2D eigenvalue weighted by Gasteiger charge is 2.07. The van der Waals surface area contributed by atoms with Gasteiger partial charge in [0.25, 0.3) is 0 Å². The van der Waals surface area contributed by atoms with E-state index in [2.05, 4.69) is 66.9 Å². The van der Waals surface area contributed by atoms with Crippen LogP contribution in [0.1, 0.15) is 45.2 Å². The molecule has 0 aliphatic carbocycles. The topological polar surface area (TPSA) is 102 Å². The molecular weight excluding hydrogens is 406 g/mol. The fourth-order valence-electron chi connectivity index (χ4n) is 2.69. The highest BCUT2D eigenvalue weighted by atomic mass is 14.9. The number of rotatable bonds is 5. The maximum absolute atomic E-state index is 5.52. The van der Waals surface area contributed by atoms with E-state index in [0.29, 0.717) is 6.54 Å². The maximum Gasteiger partial charge on any atom is 0.0617 e. The second kappa shape index (κ2) is 23.4. The van der Waals surface area contributed by atoms with E-state index in [4.69, 9.17) is 17.2 Å². The minimum absolute atomic E-state index is 0.469. The van der Waals surface area contributed by atoms with Gasteiger partial charge in [-0.05, 0) is 81.8 Å². The zero-order chi connectivity index (χ0) is 26.2. The van der Waals surface area contributed by atoms with Crippen LogP contribution in [0.4, 0.5) is 5.69 Å². The average Bonchev–Trinajstić information content (AvgIpc) is 2.81. The number of benzene rings is 1. The predicted molar refractivity (Wildman–Crippen MR) is 150 cm³/mol. The van der Waals surface area contributed by atoms with Crippen molar-refractivity contribution in [2.24, 2.45) is 22.2 Å². The first-order chi connectivity index (χ1) is 15.7. The van der Waals surface area contributed by atoms with Gasteiger partial charge in [0, 0.05) is 31.5 Å². The molecule has 1 aromatic rings. The van der Waals surface area contributed by atoms with Gasteiger partial charge in [-0.3, -0.25) is 4.99 Å². The molecular formula is C28H45N5. The van der Waals surface area contributed by atoms with Crippen molar-refractivity contribution < 1.29 is 0 Å². The van der Waals surface area contributed by atoms with Crippen molar-refractivity contribution in [2.45, 2.75) is 47.0 Å². The van der Waals surface area contributed by atoms with Crippen LogP contribution in [-0.2, 0) is 12.8 Å². The van der Waals surface area contributed by atoms with Crippen LogP contribution in [0.25, 0.3) is 0 Å². The van der Waals surface area contributed by atoms with Gasteiger partial charge in [0.2, 0.25) is 0 Å². The second-order valence-corrected chi connectivity index (χ2v) is 7.05. The number of nitrogens with one attached hydrogen (secondary N) is 1. The highest BCUT2D eigenvalue weighted by molar-refractivity contribution is 6.10. The maximum atomic E-state index is 5.52. The quantitative estimate of drug-likeness (QED) is 0.392. The molecule has 0 unspecified atom stereocenters. The molecule has 1 aliphatic rings. The first-order valence-corrected chi connectivity index (χ1v) is 10.9. The van der Waals surface area contributed by atoms with E-state index in [1.807, 2.05) is 20.8 Å². The van der Waals surface area contributed by atoms with Gasteiger partial charge in [-0.15, -0.1) is 25.2 Å². The number of hydrogen-bond acceptors (Lipinski definition) is 5. The van der Waals surface area contributed by atoms with Crippen molar-refractivity contribution in [2.75, 3.05) is 32.0 Å². The summed E-state index contributed by atoms with van der Waals surface area (Å²) in [4.78, 5) is 4.00. The molecule has 33 heavy (non-hydrogen) atoms. The van der Waals surface area contributed by atoms with Crippen LogP contribution >= 0.6 is 0 Å². The van der Waals surface area contributed by atoms with Gasteiger partial charge in [0.1, 0.15) is 0 Å². The zero-order valence-electron chi connectivity index (χ0n) is 21.4. The molecule has 0 saturated heterocycles. The van der Waals surface area contributed by atoms with Crippen molar-refractivity contribution in [3.05, 3.63) is 65.4 Å². The summed E-state index contributed by atoms with van der Waals surface area (Å²) in [5.41, 5.74) is 23.5. The van der Waals surface area contributed by atoms with Gasteiger partial charge in [-0.1, -0.05) is 31.4 Å². The number of anilines is 1. The molecule has 0 atom stereocenters. The molecule has 1 aliphatic heterocycles. The minimum atomic E-state index is 0.469. The Kier molecular flexibility index (Phi) is 24.4. The Balaban J connectivity index is -0.000000395. The first-order valence-electron chi connectivity index (χ1n) is 10.9. The number of aliphatic imine (C=N–C) groups is 1. The number of nitrogens with zero attached hydrogens (tertiary/aromatic N) is 1. The summed E-state index contributed by atoms with van der Waals surface area (Å²) in [6.07, 6.45) is 17.8. The molecule has 0 bridgehead atoms.